The molecule has 0 unspecified atom stereocenters. The number of hydrazone groups is 1. The number of nitrogens with zero attached hydrogens (tertiary/aromatic N) is 1. The molecule has 1 amide bonds. The molecule has 3 aromatic rings. The van der Waals surface area contributed by atoms with Gasteiger partial charge in [-0.25, -0.2) is 10.2 Å². The minimum absolute atomic E-state index is 0.213. The third kappa shape index (κ3) is 4.52. The number of ether oxygens (including phenoxy) is 2. The van der Waals surface area contributed by atoms with E-state index >= 15 is 0 Å². The van der Waals surface area contributed by atoms with E-state index in [2.05, 4.69) is 10.5 Å². The van der Waals surface area contributed by atoms with Gasteiger partial charge >= 0.3 is 5.63 Å². The summed E-state index contributed by atoms with van der Waals surface area (Å²) in [7, 11) is 1.57. The van der Waals surface area contributed by atoms with Gasteiger partial charge in [-0.1, -0.05) is 18.2 Å². The van der Waals surface area contributed by atoms with Crippen LogP contribution in [0, 0.1) is 0 Å². The summed E-state index contributed by atoms with van der Waals surface area (Å²) >= 11 is 0. The first-order valence-electron chi connectivity index (χ1n) is 8.20. The zero-order chi connectivity index (χ0) is 19.2. The molecule has 27 heavy (non-hydrogen) atoms. The predicted molar refractivity (Wildman–Crippen MR) is 101 cm³/mol. The van der Waals surface area contributed by atoms with Crippen molar-refractivity contribution in [3.8, 4) is 11.5 Å². The summed E-state index contributed by atoms with van der Waals surface area (Å²) in [5.41, 5.74) is 2.97. The van der Waals surface area contributed by atoms with Crippen LogP contribution in [-0.4, -0.2) is 25.3 Å². The van der Waals surface area contributed by atoms with Gasteiger partial charge in [-0.15, -0.1) is 0 Å². The molecular weight excluding hydrogens is 348 g/mol. The highest BCUT2D eigenvalue weighted by atomic mass is 16.5. The number of carbonyl (C=O) groups is 1. The van der Waals surface area contributed by atoms with Crippen LogP contribution in [0.1, 0.15) is 12.5 Å². The van der Waals surface area contributed by atoms with Crippen LogP contribution in [0.3, 0.4) is 0 Å². The lowest BCUT2D eigenvalue weighted by Crippen LogP contribution is -2.26. The number of nitrogens with one attached hydrogen (secondary N) is 1. The third-order valence-electron chi connectivity index (χ3n) is 3.81. The summed E-state index contributed by atoms with van der Waals surface area (Å²) in [6.07, 6.45) is 0. The maximum atomic E-state index is 12.1. The molecule has 1 aromatic heterocycles. The van der Waals surface area contributed by atoms with Crippen LogP contribution < -0.4 is 20.5 Å². The van der Waals surface area contributed by atoms with Crippen LogP contribution in [-0.2, 0) is 4.79 Å². The second-order valence-corrected chi connectivity index (χ2v) is 5.68. The van der Waals surface area contributed by atoms with Gasteiger partial charge in [0.25, 0.3) is 5.91 Å². The van der Waals surface area contributed by atoms with Crippen molar-refractivity contribution < 1.29 is 18.7 Å². The lowest BCUT2D eigenvalue weighted by Gasteiger charge is -2.06. The molecule has 0 aliphatic rings. The summed E-state index contributed by atoms with van der Waals surface area (Å²) in [5.74, 6) is 0.776. The lowest BCUT2D eigenvalue weighted by molar-refractivity contribution is -0.123. The Bertz CT molecular complexity index is 1040. The molecule has 1 heterocycles. The molecule has 0 aliphatic carbocycles. The van der Waals surface area contributed by atoms with E-state index in [1.165, 1.54) is 0 Å². The summed E-state index contributed by atoms with van der Waals surface area (Å²) in [4.78, 5) is 24.0. The van der Waals surface area contributed by atoms with Crippen LogP contribution in [0.4, 0.5) is 0 Å². The number of para-hydroxylation sites is 1. The topological polar surface area (TPSA) is 90.1 Å². The number of methoxy groups -OCH3 is 1. The quantitative estimate of drug-likeness (QED) is 0.412. The third-order valence-corrected chi connectivity index (χ3v) is 3.81. The van der Waals surface area contributed by atoms with Gasteiger partial charge in [0.1, 0.15) is 17.1 Å². The van der Waals surface area contributed by atoms with Gasteiger partial charge in [0.05, 0.1) is 18.4 Å². The fourth-order valence-corrected chi connectivity index (χ4v) is 2.37. The van der Waals surface area contributed by atoms with E-state index in [-0.39, 0.29) is 12.2 Å². The van der Waals surface area contributed by atoms with Gasteiger partial charge in [-0.2, -0.15) is 5.10 Å². The first-order valence-corrected chi connectivity index (χ1v) is 8.20. The van der Waals surface area contributed by atoms with Crippen LogP contribution in [0.5, 0.6) is 11.5 Å². The maximum absolute atomic E-state index is 12.1. The van der Waals surface area contributed by atoms with Gasteiger partial charge in [-0.3, -0.25) is 4.79 Å². The van der Waals surface area contributed by atoms with Crippen molar-refractivity contribution in [3.05, 3.63) is 70.6 Å². The summed E-state index contributed by atoms with van der Waals surface area (Å²) in [6.45, 7) is 1.40. The highest BCUT2D eigenvalue weighted by molar-refractivity contribution is 6.00. The van der Waals surface area contributed by atoms with E-state index < -0.39 is 11.5 Å². The maximum Gasteiger partial charge on any atom is 0.345 e. The summed E-state index contributed by atoms with van der Waals surface area (Å²) < 4.78 is 15.7. The highest BCUT2D eigenvalue weighted by Gasteiger charge is 2.09. The molecule has 0 saturated heterocycles. The number of hydrogen-bond acceptors (Lipinski definition) is 6. The first kappa shape index (κ1) is 18.2. The van der Waals surface area contributed by atoms with Crippen molar-refractivity contribution in [2.75, 3.05) is 13.7 Å². The van der Waals surface area contributed by atoms with Crippen LogP contribution in [0.2, 0.25) is 0 Å². The second kappa shape index (κ2) is 8.18. The molecule has 0 saturated carbocycles. The predicted octanol–water partition coefficient (Wildman–Crippen LogP) is 2.72. The van der Waals surface area contributed by atoms with Crippen molar-refractivity contribution >= 4 is 22.6 Å². The zero-order valence-corrected chi connectivity index (χ0v) is 14.9. The molecule has 2 aromatic carbocycles. The Morgan fingerprint density at radius 3 is 2.56 bits per heavy atom. The van der Waals surface area contributed by atoms with Crippen LogP contribution in [0.15, 0.2) is 68.9 Å². The monoisotopic (exact) mass is 366 g/mol. The van der Waals surface area contributed by atoms with E-state index in [1.807, 2.05) is 12.1 Å². The number of carbonyl (C=O) groups excluding carboxylic acids is 1. The minimum atomic E-state index is -0.515. The normalized spacial score (nSPS) is 11.3. The van der Waals surface area contributed by atoms with Gasteiger partial charge in [-0.05, 0) is 43.3 Å². The molecule has 0 spiro atoms. The Labute approximate surface area is 155 Å². The van der Waals surface area contributed by atoms with E-state index in [9.17, 15) is 9.59 Å². The van der Waals surface area contributed by atoms with Crippen molar-refractivity contribution in [1.29, 1.82) is 0 Å². The fraction of sp³-hybridized carbons (Fsp3) is 0.150. The molecule has 1 N–H and O–H groups in total. The van der Waals surface area contributed by atoms with Crippen molar-refractivity contribution in [1.82, 2.24) is 5.43 Å². The van der Waals surface area contributed by atoms with Gasteiger partial charge < -0.3 is 13.9 Å². The van der Waals surface area contributed by atoms with E-state index in [0.29, 0.717) is 22.8 Å². The first-order chi connectivity index (χ1) is 13.1. The molecule has 7 nitrogen and oxygen atoms in total. The molecule has 0 aliphatic heterocycles. The van der Waals surface area contributed by atoms with E-state index in [0.717, 1.165) is 5.39 Å². The molecule has 138 valence electrons. The summed E-state index contributed by atoms with van der Waals surface area (Å²) in [5, 5.41) is 4.73. The Morgan fingerprint density at radius 1 is 1.11 bits per heavy atom. The van der Waals surface area contributed by atoms with Crippen LogP contribution in [0.25, 0.3) is 11.0 Å². The fourth-order valence-electron chi connectivity index (χ4n) is 2.37. The van der Waals surface area contributed by atoms with Gasteiger partial charge in [0.15, 0.2) is 6.61 Å². The molecule has 0 radical (unpaired) electrons. The Morgan fingerprint density at radius 2 is 1.81 bits per heavy atom. The van der Waals surface area contributed by atoms with Crippen molar-refractivity contribution in [2.24, 2.45) is 5.10 Å². The van der Waals surface area contributed by atoms with E-state index in [4.69, 9.17) is 13.9 Å². The molecule has 7 heteroatoms. The number of rotatable bonds is 6. The number of fused-ring (bicyclic) bond motifs is 1. The average Bonchev–Trinajstić information content (AvgIpc) is 2.70. The van der Waals surface area contributed by atoms with Gasteiger partial charge in [0, 0.05) is 5.39 Å². The van der Waals surface area contributed by atoms with Crippen molar-refractivity contribution in [3.63, 3.8) is 0 Å². The standard InChI is InChI=1S/C20H18N2O5/c1-13(17-11-14-5-3-4-6-18(14)27-20(17)24)21-22-19(23)12-26-16-9-7-15(25-2)8-10-16/h3-11H,12H2,1-2H3,(H,22,23)/b21-13+. The van der Waals surface area contributed by atoms with Crippen molar-refractivity contribution in [2.45, 2.75) is 6.92 Å². The smallest absolute Gasteiger partial charge is 0.345 e. The van der Waals surface area contributed by atoms with E-state index in [1.54, 1.807) is 56.5 Å². The zero-order valence-electron chi connectivity index (χ0n) is 14.9. The molecule has 0 atom stereocenters. The molecule has 0 fully saturated rings. The Kier molecular flexibility index (Phi) is 5.51. The average molecular weight is 366 g/mol. The molecule has 0 bridgehead atoms. The van der Waals surface area contributed by atoms with Gasteiger partial charge in [0.2, 0.25) is 0 Å². The van der Waals surface area contributed by atoms with Crippen LogP contribution >= 0.6 is 0 Å². The Hall–Kier alpha value is -3.61. The second-order valence-electron chi connectivity index (χ2n) is 5.68. The molecular formula is C20H18N2O5. The largest absolute Gasteiger partial charge is 0.497 e. The number of hydrogen-bond donors (Lipinski definition) is 1. The number of benzene rings is 2. The molecule has 3 rings (SSSR count). The highest BCUT2D eigenvalue weighted by Crippen LogP contribution is 2.16. The SMILES string of the molecule is COc1ccc(OCC(=O)N/N=C(\C)c2cc3ccccc3oc2=O)cc1. The number of amides is 1. The lowest BCUT2D eigenvalue weighted by atomic mass is 10.1. The minimum Gasteiger partial charge on any atom is -0.497 e. The summed E-state index contributed by atoms with van der Waals surface area (Å²) in [6, 6.07) is 15.7. The Balaban J connectivity index is 1.63.